The zero-order chi connectivity index (χ0) is 14.3. The lowest BCUT2D eigenvalue weighted by Crippen LogP contribution is -2.29. The summed E-state index contributed by atoms with van der Waals surface area (Å²) in [6.07, 6.45) is 0.799. The van der Waals surface area contributed by atoms with Crippen LogP contribution in [0.15, 0.2) is 18.2 Å². The molecule has 19 heavy (non-hydrogen) atoms. The van der Waals surface area contributed by atoms with Gasteiger partial charge in [-0.2, -0.15) is 5.26 Å². The van der Waals surface area contributed by atoms with E-state index >= 15 is 0 Å². The number of esters is 1. The molecule has 0 aliphatic heterocycles. The van der Waals surface area contributed by atoms with Gasteiger partial charge in [-0.1, -0.05) is 19.4 Å². The Hall–Kier alpha value is -2.02. The molecule has 0 saturated carbocycles. The number of carbonyl (C=O) groups excluding carboxylic acids is 1. The molecule has 1 aromatic rings. The second kappa shape index (κ2) is 7.42. The van der Waals surface area contributed by atoms with Crippen LogP contribution >= 0.6 is 0 Å². The minimum absolute atomic E-state index is 0.333. The maximum atomic E-state index is 11.8. The van der Waals surface area contributed by atoms with Gasteiger partial charge in [-0.15, -0.1) is 0 Å². The van der Waals surface area contributed by atoms with Gasteiger partial charge in [0.05, 0.1) is 18.2 Å². The van der Waals surface area contributed by atoms with E-state index in [1.54, 1.807) is 19.1 Å². The third-order valence-corrected chi connectivity index (χ3v) is 2.69. The monoisotopic (exact) mass is 261 g/mol. The van der Waals surface area contributed by atoms with Crippen LogP contribution in [0, 0.1) is 18.3 Å². The van der Waals surface area contributed by atoms with E-state index in [1.165, 1.54) is 0 Å². The molecular weight excluding hydrogens is 242 g/mol. The van der Waals surface area contributed by atoms with Crippen molar-refractivity contribution in [2.75, 3.05) is 6.61 Å². The number of hydrogen-bond donors (Lipinski definition) is 0. The predicted octanol–water partition coefficient (Wildman–Crippen LogP) is 2.98. The number of nitrogens with zero attached hydrogens (tertiary/aromatic N) is 1. The van der Waals surface area contributed by atoms with Crippen LogP contribution in [0.5, 0.6) is 5.75 Å². The number of nitriles is 1. The number of benzene rings is 1. The minimum atomic E-state index is -0.613. The molecule has 0 spiro atoms. The summed E-state index contributed by atoms with van der Waals surface area (Å²) < 4.78 is 10.7. The van der Waals surface area contributed by atoms with Crippen molar-refractivity contribution in [3.63, 3.8) is 0 Å². The Morgan fingerprint density at radius 1 is 1.42 bits per heavy atom. The molecule has 0 radical (unpaired) electrons. The van der Waals surface area contributed by atoms with Crippen molar-refractivity contribution in [3.8, 4) is 11.8 Å². The van der Waals surface area contributed by atoms with Gasteiger partial charge in [0.25, 0.3) is 0 Å². The molecular formula is C15H19NO3. The highest BCUT2D eigenvalue weighted by Crippen LogP contribution is 2.22. The van der Waals surface area contributed by atoms with E-state index < -0.39 is 6.10 Å². The Balaban J connectivity index is 2.90. The Bertz CT molecular complexity index is 477. The van der Waals surface area contributed by atoms with E-state index in [9.17, 15) is 4.79 Å². The molecule has 0 aliphatic rings. The Kier molecular flexibility index (Phi) is 5.87. The van der Waals surface area contributed by atoms with Gasteiger partial charge in [-0.25, -0.2) is 4.79 Å². The van der Waals surface area contributed by atoms with E-state index in [2.05, 4.69) is 6.07 Å². The molecule has 0 aliphatic carbocycles. The van der Waals surface area contributed by atoms with Gasteiger partial charge in [0, 0.05) is 0 Å². The first-order chi connectivity index (χ1) is 9.12. The van der Waals surface area contributed by atoms with Crippen molar-refractivity contribution in [3.05, 3.63) is 29.3 Å². The molecule has 0 N–H and O–H groups in total. The molecule has 1 atom stereocenters. The first-order valence-electron chi connectivity index (χ1n) is 6.46. The predicted molar refractivity (Wildman–Crippen MR) is 71.9 cm³/mol. The molecule has 102 valence electrons. The average Bonchev–Trinajstić information content (AvgIpc) is 2.40. The number of carbonyl (C=O) groups is 1. The van der Waals surface area contributed by atoms with Gasteiger partial charge in [0.1, 0.15) is 5.75 Å². The summed E-state index contributed by atoms with van der Waals surface area (Å²) in [7, 11) is 0. The van der Waals surface area contributed by atoms with Gasteiger partial charge in [0.2, 0.25) is 0 Å². The first kappa shape index (κ1) is 15.0. The molecule has 0 saturated heterocycles. The Morgan fingerprint density at radius 2 is 2.16 bits per heavy atom. The topological polar surface area (TPSA) is 59.3 Å². The normalized spacial score (nSPS) is 11.5. The Labute approximate surface area is 113 Å². The molecule has 0 fully saturated rings. The maximum absolute atomic E-state index is 11.8. The van der Waals surface area contributed by atoms with Crippen molar-refractivity contribution in [2.45, 2.75) is 39.7 Å². The molecule has 0 bridgehead atoms. The third kappa shape index (κ3) is 4.29. The van der Waals surface area contributed by atoms with Crippen molar-refractivity contribution >= 4 is 5.97 Å². The zero-order valence-corrected chi connectivity index (χ0v) is 11.6. The SMILES string of the molecule is CCCC(Oc1cc(C#N)ccc1C)C(=O)OCC. The second-order valence-corrected chi connectivity index (χ2v) is 4.24. The lowest BCUT2D eigenvalue weighted by Gasteiger charge is -2.18. The number of aryl methyl sites for hydroxylation is 1. The quantitative estimate of drug-likeness (QED) is 0.739. The van der Waals surface area contributed by atoms with Crippen LogP contribution in [-0.2, 0) is 9.53 Å². The fraction of sp³-hybridized carbons (Fsp3) is 0.467. The third-order valence-electron chi connectivity index (χ3n) is 2.69. The lowest BCUT2D eigenvalue weighted by molar-refractivity contribution is -0.151. The van der Waals surface area contributed by atoms with E-state index in [4.69, 9.17) is 14.7 Å². The van der Waals surface area contributed by atoms with E-state index in [0.717, 1.165) is 12.0 Å². The van der Waals surface area contributed by atoms with E-state index in [0.29, 0.717) is 24.3 Å². The van der Waals surface area contributed by atoms with Gasteiger partial charge in [0.15, 0.2) is 6.10 Å². The molecule has 4 nitrogen and oxygen atoms in total. The lowest BCUT2D eigenvalue weighted by atomic mass is 10.1. The van der Waals surface area contributed by atoms with Crippen LogP contribution < -0.4 is 4.74 Å². The molecule has 0 amide bonds. The smallest absolute Gasteiger partial charge is 0.347 e. The largest absolute Gasteiger partial charge is 0.478 e. The highest BCUT2D eigenvalue weighted by atomic mass is 16.6. The highest BCUT2D eigenvalue weighted by molar-refractivity contribution is 5.75. The summed E-state index contributed by atoms with van der Waals surface area (Å²) in [6.45, 7) is 5.96. The molecule has 1 aromatic carbocycles. The molecule has 0 aromatic heterocycles. The number of ether oxygens (including phenoxy) is 2. The van der Waals surface area contributed by atoms with Gasteiger partial charge in [-0.3, -0.25) is 0 Å². The van der Waals surface area contributed by atoms with Crippen LogP contribution in [0.2, 0.25) is 0 Å². The van der Waals surface area contributed by atoms with Gasteiger partial charge < -0.3 is 9.47 Å². The van der Waals surface area contributed by atoms with Crippen LogP contribution in [0.1, 0.15) is 37.8 Å². The maximum Gasteiger partial charge on any atom is 0.347 e. The van der Waals surface area contributed by atoms with Crippen LogP contribution in [-0.4, -0.2) is 18.7 Å². The van der Waals surface area contributed by atoms with Gasteiger partial charge >= 0.3 is 5.97 Å². The molecule has 4 heteroatoms. The van der Waals surface area contributed by atoms with E-state index in [1.807, 2.05) is 19.9 Å². The fourth-order valence-corrected chi connectivity index (χ4v) is 1.67. The summed E-state index contributed by atoms with van der Waals surface area (Å²) in [6, 6.07) is 7.24. The van der Waals surface area contributed by atoms with Crippen molar-refractivity contribution in [2.24, 2.45) is 0 Å². The molecule has 1 unspecified atom stereocenters. The summed E-state index contributed by atoms with van der Waals surface area (Å²) >= 11 is 0. The van der Waals surface area contributed by atoms with Gasteiger partial charge in [-0.05, 0) is 38.0 Å². The minimum Gasteiger partial charge on any atom is -0.478 e. The van der Waals surface area contributed by atoms with Crippen molar-refractivity contribution in [1.29, 1.82) is 5.26 Å². The number of hydrogen-bond acceptors (Lipinski definition) is 4. The average molecular weight is 261 g/mol. The fourth-order valence-electron chi connectivity index (χ4n) is 1.67. The van der Waals surface area contributed by atoms with Crippen LogP contribution in [0.3, 0.4) is 0 Å². The van der Waals surface area contributed by atoms with Crippen molar-refractivity contribution < 1.29 is 14.3 Å². The summed E-state index contributed by atoms with van der Waals surface area (Å²) in [5.41, 5.74) is 1.41. The second-order valence-electron chi connectivity index (χ2n) is 4.24. The standard InChI is InChI=1S/C15H19NO3/c1-4-6-13(15(17)18-5-2)19-14-9-12(10-16)8-7-11(14)3/h7-9,13H,4-6H2,1-3H3. The van der Waals surface area contributed by atoms with Crippen LogP contribution in [0.4, 0.5) is 0 Å². The summed E-state index contributed by atoms with van der Waals surface area (Å²) in [5, 5.41) is 8.89. The first-order valence-corrected chi connectivity index (χ1v) is 6.46. The molecule has 1 rings (SSSR count). The van der Waals surface area contributed by atoms with Crippen molar-refractivity contribution in [1.82, 2.24) is 0 Å². The Morgan fingerprint density at radius 3 is 2.74 bits per heavy atom. The zero-order valence-electron chi connectivity index (χ0n) is 11.6. The van der Waals surface area contributed by atoms with Crippen LogP contribution in [0.25, 0.3) is 0 Å². The molecule has 0 heterocycles. The summed E-state index contributed by atoms with van der Waals surface area (Å²) in [5.74, 6) is 0.205. The highest BCUT2D eigenvalue weighted by Gasteiger charge is 2.21. The summed E-state index contributed by atoms with van der Waals surface area (Å²) in [4.78, 5) is 11.8. The number of rotatable bonds is 6. The van der Waals surface area contributed by atoms with E-state index in [-0.39, 0.29) is 5.97 Å².